The number of amides is 1. The number of ether oxygens (including phenoxy) is 2. The van der Waals surface area contributed by atoms with Crippen LogP contribution in [0.2, 0.25) is 0 Å². The maximum absolute atomic E-state index is 13.0. The van der Waals surface area contributed by atoms with E-state index < -0.39 is 11.9 Å². The first kappa shape index (κ1) is 24.6. The second-order valence-electron chi connectivity index (χ2n) is 8.21. The van der Waals surface area contributed by atoms with Gasteiger partial charge in [0.2, 0.25) is 17.7 Å². The molecule has 5 N–H and O–H groups in total. The third-order valence-corrected chi connectivity index (χ3v) is 5.46. The number of fused-ring (bicyclic) bond motifs is 2. The Hall–Kier alpha value is -4.47. The molecule has 0 bridgehead atoms. The van der Waals surface area contributed by atoms with Gasteiger partial charge in [0.1, 0.15) is 22.3 Å². The van der Waals surface area contributed by atoms with E-state index in [4.69, 9.17) is 29.8 Å². The van der Waals surface area contributed by atoms with Crippen LogP contribution in [-0.4, -0.2) is 31.1 Å². The molecule has 2 heterocycles. The lowest BCUT2D eigenvalue weighted by Gasteiger charge is -2.09. The van der Waals surface area contributed by atoms with Crippen molar-refractivity contribution in [2.75, 3.05) is 30.0 Å². The van der Waals surface area contributed by atoms with Crippen molar-refractivity contribution in [2.45, 2.75) is 33.6 Å². The van der Waals surface area contributed by atoms with Gasteiger partial charge in [-0.1, -0.05) is 26.0 Å². The minimum atomic E-state index is -0.648. The smallest absolute Gasteiger partial charge is 0.344 e. The molecule has 0 aliphatic heterocycles. The molecular formula is C26H27N3O7. The van der Waals surface area contributed by atoms with Gasteiger partial charge in [-0.25, -0.2) is 9.59 Å². The minimum Gasteiger partial charge on any atom is -0.462 e. The monoisotopic (exact) mass is 493 g/mol. The Labute approximate surface area is 206 Å². The van der Waals surface area contributed by atoms with E-state index in [1.54, 1.807) is 30.3 Å². The topological polar surface area (TPSA) is 160 Å². The van der Waals surface area contributed by atoms with Gasteiger partial charge in [0.05, 0.1) is 13.2 Å². The highest BCUT2D eigenvalue weighted by Crippen LogP contribution is 2.45. The van der Waals surface area contributed by atoms with Crippen LogP contribution in [0.15, 0.2) is 39.2 Å². The number of carbonyl (C=O) groups is 3. The number of nitrogens with two attached hydrogens (primary N) is 2. The first-order chi connectivity index (χ1) is 17.3. The third kappa shape index (κ3) is 4.45. The molecule has 4 rings (SSSR count). The van der Waals surface area contributed by atoms with Gasteiger partial charge < -0.3 is 35.1 Å². The van der Waals surface area contributed by atoms with Crippen LogP contribution >= 0.6 is 0 Å². The van der Waals surface area contributed by atoms with E-state index in [1.807, 2.05) is 13.8 Å². The molecule has 0 aliphatic rings. The van der Waals surface area contributed by atoms with Crippen LogP contribution < -0.4 is 16.8 Å². The highest BCUT2D eigenvalue weighted by molar-refractivity contribution is 6.22. The van der Waals surface area contributed by atoms with Crippen LogP contribution in [0.4, 0.5) is 17.5 Å². The van der Waals surface area contributed by atoms with Crippen LogP contribution in [0.5, 0.6) is 0 Å². The number of carbonyl (C=O) groups excluding carboxylic acids is 3. The lowest BCUT2D eigenvalue weighted by Crippen LogP contribution is -2.08. The maximum Gasteiger partial charge on any atom is 0.344 e. The van der Waals surface area contributed by atoms with Gasteiger partial charge in [0.25, 0.3) is 0 Å². The number of nitrogens with one attached hydrogen (secondary N) is 1. The lowest BCUT2D eigenvalue weighted by atomic mass is 9.95. The van der Waals surface area contributed by atoms with E-state index in [0.717, 1.165) is 0 Å². The average Bonchev–Trinajstić information content (AvgIpc) is 3.34. The summed E-state index contributed by atoms with van der Waals surface area (Å²) < 4.78 is 22.3. The van der Waals surface area contributed by atoms with E-state index in [2.05, 4.69) is 5.32 Å². The molecule has 188 valence electrons. The quantitative estimate of drug-likeness (QED) is 0.284. The highest BCUT2D eigenvalue weighted by atomic mass is 16.5. The fourth-order valence-corrected chi connectivity index (χ4v) is 3.99. The zero-order valence-corrected chi connectivity index (χ0v) is 20.2. The van der Waals surface area contributed by atoms with E-state index >= 15 is 0 Å². The molecule has 0 atom stereocenters. The van der Waals surface area contributed by atoms with Crippen molar-refractivity contribution < 1.29 is 32.7 Å². The normalized spacial score (nSPS) is 11.1. The molecule has 10 nitrogen and oxygen atoms in total. The van der Waals surface area contributed by atoms with Crippen molar-refractivity contribution >= 4 is 57.2 Å². The number of nitrogen functional groups attached to an aromatic ring is 2. The molecule has 0 aliphatic carbocycles. The van der Waals surface area contributed by atoms with Crippen LogP contribution in [-0.2, 0) is 14.3 Å². The molecule has 10 heteroatoms. The molecule has 0 radical (unpaired) electrons. The van der Waals surface area contributed by atoms with Gasteiger partial charge >= 0.3 is 11.9 Å². The molecule has 1 amide bonds. The van der Waals surface area contributed by atoms with E-state index in [1.165, 1.54) is 6.92 Å². The summed E-state index contributed by atoms with van der Waals surface area (Å²) in [5.74, 6) is -1.76. The number of anilines is 3. The summed E-state index contributed by atoms with van der Waals surface area (Å²) in [4.78, 5) is 37.2. The zero-order chi connectivity index (χ0) is 26.0. The Morgan fingerprint density at radius 3 is 2.06 bits per heavy atom. The SMILES string of the molecule is CCCOC(=O)c1c(N)oc2c(-c3ccc(NC(C)=O)cc3)c3c(C(=O)OCCC)c(N)oc3cc12. The minimum absolute atomic E-state index is 0.0476. The average molecular weight is 494 g/mol. The number of hydrogen-bond acceptors (Lipinski definition) is 9. The number of hydrogen-bond donors (Lipinski definition) is 3. The second kappa shape index (κ2) is 10.0. The predicted molar refractivity (Wildman–Crippen MR) is 136 cm³/mol. The highest BCUT2D eigenvalue weighted by Gasteiger charge is 2.30. The molecule has 0 unspecified atom stereocenters. The first-order valence-corrected chi connectivity index (χ1v) is 11.6. The van der Waals surface area contributed by atoms with Gasteiger partial charge in [0.15, 0.2) is 0 Å². The second-order valence-corrected chi connectivity index (χ2v) is 8.21. The molecule has 36 heavy (non-hydrogen) atoms. The van der Waals surface area contributed by atoms with Crippen molar-refractivity contribution in [3.8, 4) is 11.1 Å². The molecule has 0 spiro atoms. The van der Waals surface area contributed by atoms with Gasteiger partial charge in [0, 0.05) is 28.9 Å². The Morgan fingerprint density at radius 1 is 0.889 bits per heavy atom. The van der Waals surface area contributed by atoms with Crippen molar-refractivity contribution in [3.63, 3.8) is 0 Å². The number of rotatable bonds is 8. The largest absolute Gasteiger partial charge is 0.462 e. The molecule has 0 saturated carbocycles. The maximum atomic E-state index is 13.0. The van der Waals surface area contributed by atoms with Gasteiger partial charge in [-0.05, 0) is 36.6 Å². The Balaban J connectivity index is 2.02. The molecule has 0 fully saturated rings. The van der Waals surface area contributed by atoms with Crippen LogP contribution in [0, 0.1) is 0 Å². The van der Waals surface area contributed by atoms with E-state index in [-0.39, 0.29) is 53.2 Å². The van der Waals surface area contributed by atoms with Crippen molar-refractivity contribution in [1.82, 2.24) is 0 Å². The van der Waals surface area contributed by atoms with Crippen LogP contribution in [0.1, 0.15) is 54.3 Å². The first-order valence-electron chi connectivity index (χ1n) is 11.6. The molecule has 2 aromatic heterocycles. The van der Waals surface area contributed by atoms with E-state index in [0.29, 0.717) is 40.4 Å². The summed E-state index contributed by atoms with van der Waals surface area (Å²) in [6.07, 6.45) is 1.26. The van der Waals surface area contributed by atoms with Crippen molar-refractivity contribution in [3.05, 3.63) is 41.5 Å². The number of benzene rings is 2. The van der Waals surface area contributed by atoms with Crippen LogP contribution in [0.3, 0.4) is 0 Å². The van der Waals surface area contributed by atoms with Gasteiger partial charge in [-0.15, -0.1) is 0 Å². The third-order valence-electron chi connectivity index (χ3n) is 5.46. The fraction of sp³-hybridized carbons (Fsp3) is 0.269. The molecule has 0 saturated heterocycles. The predicted octanol–water partition coefficient (Wildman–Crippen LogP) is 5.10. The summed E-state index contributed by atoms with van der Waals surface area (Å²) in [5, 5.41) is 3.41. The zero-order valence-electron chi connectivity index (χ0n) is 20.2. The van der Waals surface area contributed by atoms with E-state index in [9.17, 15) is 14.4 Å². The van der Waals surface area contributed by atoms with Crippen molar-refractivity contribution in [2.24, 2.45) is 0 Å². The molecule has 2 aromatic carbocycles. The fourth-order valence-electron chi connectivity index (χ4n) is 3.99. The van der Waals surface area contributed by atoms with Gasteiger partial charge in [-0.3, -0.25) is 4.79 Å². The molecular weight excluding hydrogens is 466 g/mol. The number of furan rings is 2. The summed E-state index contributed by atoms with van der Waals surface area (Å²) >= 11 is 0. The Bertz CT molecular complexity index is 1460. The summed E-state index contributed by atoms with van der Waals surface area (Å²) in [7, 11) is 0. The Morgan fingerprint density at radius 2 is 1.47 bits per heavy atom. The summed E-state index contributed by atoms with van der Waals surface area (Å²) in [6.45, 7) is 5.58. The summed E-state index contributed by atoms with van der Waals surface area (Å²) in [6, 6.07) is 8.41. The van der Waals surface area contributed by atoms with Crippen molar-refractivity contribution in [1.29, 1.82) is 0 Å². The van der Waals surface area contributed by atoms with Gasteiger partial charge in [-0.2, -0.15) is 0 Å². The molecule has 4 aromatic rings. The number of esters is 2. The standard InChI is InChI=1S/C26H27N3O7/c1-4-10-33-25(31)19-16-12-17-20(21(24(28)35-17)26(32)34-11-5-2)18(22(16)36-23(19)27)14-6-8-15(9-7-14)29-13(3)30/h6-9,12H,4-5,10-11,27-28H2,1-3H3,(H,29,30). The lowest BCUT2D eigenvalue weighted by molar-refractivity contribution is -0.114. The van der Waals surface area contributed by atoms with Crippen LogP contribution in [0.25, 0.3) is 33.1 Å². The summed E-state index contributed by atoms with van der Waals surface area (Å²) in [5.41, 5.74) is 14.4. The Kier molecular flexibility index (Phi) is 6.86.